The first kappa shape index (κ1) is 24.7. The molecule has 2 atom stereocenters. The van der Waals surface area contributed by atoms with Crippen molar-refractivity contribution in [2.24, 2.45) is 17.8 Å². The molecular formula is C26H44O2. The van der Waals surface area contributed by atoms with Crippen LogP contribution in [0.15, 0.2) is 35.5 Å². The van der Waals surface area contributed by atoms with Crippen LogP contribution in [0.5, 0.6) is 0 Å². The van der Waals surface area contributed by atoms with Crippen molar-refractivity contribution >= 4 is 5.97 Å². The highest BCUT2D eigenvalue weighted by Crippen LogP contribution is 2.22. The molecule has 0 fully saturated rings. The van der Waals surface area contributed by atoms with Gasteiger partial charge in [-0.3, -0.25) is 0 Å². The zero-order valence-electron chi connectivity index (χ0n) is 19.1. The summed E-state index contributed by atoms with van der Waals surface area (Å²) in [6, 6.07) is 0. The van der Waals surface area contributed by atoms with Gasteiger partial charge in [-0.15, -0.1) is 0 Å². The van der Waals surface area contributed by atoms with Gasteiger partial charge in [0, 0.05) is 5.57 Å². The van der Waals surface area contributed by atoms with E-state index in [0.29, 0.717) is 13.0 Å². The molecule has 160 valence electrons. The highest BCUT2D eigenvalue weighted by Gasteiger charge is 2.10. The minimum atomic E-state index is -0.180. The summed E-state index contributed by atoms with van der Waals surface area (Å²) in [6.07, 6.45) is 20.4. The van der Waals surface area contributed by atoms with Crippen LogP contribution in [0.3, 0.4) is 0 Å². The van der Waals surface area contributed by atoms with E-state index in [9.17, 15) is 4.79 Å². The van der Waals surface area contributed by atoms with E-state index in [0.717, 1.165) is 29.7 Å². The molecule has 0 aromatic rings. The number of allylic oxidation sites excluding steroid dienone is 4. The first-order chi connectivity index (χ1) is 13.4. The van der Waals surface area contributed by atoms with E-state index >= 15 is 0 Å². The van der Waals surface area contributed by atoms with E-state index in [2.05, 4.69) is 40.7 Å². The summed E-state index contributed by atoms with van der Waals surface area (Å²) in [5.74, 6) is 2.37. The van der Waals surface area contributed by atoms with Crippen molar-refractivity contribution in [1.82, 2.24) is 0 Å². The van der Waals surface area contributed by atoms with Crippen molar-refractivity contribution in [2.75, 3.05) is 6.61 Å². The fourth-order valence-electron chi connectivity index (χ4n) is 3.76. The fourth-order valence-corrected chi connectivity index (χ4v) is 3.76. The number of rotatable bonds is 15. The second-order valence-corrected chi connectivity index (χ2v) is 9.33. The Morgan fingerprint density at radius 3 is 2.18 bits per heavy atom. The second kappa shape index (κ2) is 14.7. The standard InChI is InChI=1S/C26H44O2/c1-21(2)11-8-12-22(3)13-9-14-23(4)15-10-16-24(5)19-20-28-26(27)25-17-6-7-18-25/h6-7,17,19,21-23H,8-16,18,20H2,1-5H3/b24-19+. The molecule has 2 nitrogen and oxygen atoms in total. The number of carbonyl (C=O) groups is 1. The molecule has 0 amide bonds. The van der Waals surface area contributed by atoms with Gasteiger partial charge in [-0.25, -0.2) is 4.79 Å². The Balaban J connectivity index is 2.03. The number of hydrogen-bond acceptors (Lipinski definition) is 2. The summed E-state index contributed by atoms with van der Waals surface area (Å²) in [5.41, 5.74) is 2.09. The van der Waals surface area contributed by atoms with E-state index in [4.69, 9.17) is 4.74 Å². The monoisotopic (exact) mass is 388 g/mol. The van der Waals surface area contributed by atoms with E-state index in [1.54, 1.807) is 0 Å². The van der Waals surface area contributed by atoms with Gasteiger partial charge in [0.05, 0.1) is 0 Å². The van der Waals surface area contributed by atoms with Gasteiger partial charge in [0.2, 0.25) is 0 Å². The quantitative estimate of drug-likeness (QED) is 0.211. The van der Waals surface area contributed by atoms with Crippen molar-refractivity contribution in [2.45, 2.75) is 98.8 Å². The lowest BCUT2D eigenvalue weighted by atomic mass is 9.91. The molecule has 2 unspecified atom stereocenters. The summed E-state index contributed by atoms with van der Waals surface area (Å²) in [6.45, 7) is 12.0. The zero-order valence-corrected chi connectivity index (χ0v) is 19.1. The lowest BCUT2D eigenvalue weighted by Gasteiger charge is -2.15. The number of esters is 1. The van der Waals surface area contributed by atoms with Crippen LogP contribution < -0.4 is 0 Å². The summed E-state index contributed by atoms with van der Waals surface area (Å²) < 4.78 is 5.32. The third-order valence-electron chi connectivity index (χ3n) is 5.82. The van der Waals surface area contributed by atoms with Crippen LogP contribution in [-0.4, -0.2) is 12.6 Å². The average molecular weight is 389 g/mol. The third kappa shape index (κ3) is 12.2. The van der Waals surface area contributed by atoms with Crippen molar-refractivity contribution in [3.05, 3.63) is 35.5 Å². The normalized spacial score (nSPS) is 16.4. The molecule has 0 bridgehead atoms. The maximum absolute atomic E-state index is 11.8. The molecule has 0 spiro atoms. The van der Waals surface area contributed by atoms with Crippen molar-refractivity contribution < 1.29 is 9.53 Å². The Bertz CT molecular complexity index is 525. The van der Waals surface area contributed by atoms with E-state index in [-0.39, 0.29) is 5.97 Å². The SMILES string of the molecule is C/C(=C\COC(=O)C1=CC=CC1)CCCC(C)CCCC(C)CCCC(C)C. The fraction of sp³-hybridized carbons (Fsp3) is 0.731. The molecule has 0 saturated heterocycles. The lowest BCUT2D eigenvalue weighted by molar-refractivity contribution is -0.137. The number of hydrogen-bond donors (Lipinski definition) is 0. The van der Waals surface area contributed by atoms with Crippen LogP contribution in [-0.2, 0) is 9.53 Å². The molecule has 1 rings (SSSR count). The molecule has 1 aliphatic rings. The lowest BCUT2D eigenvalue weighted by Crippen LogP contribution is -2.06. The van der Waals surface area contributed by atoms with Gasteiger partial charge in [0.15, 0.2) is 0 Å². The Kier molecular flexibility index (Phi) is 12.9. The number of ether oxygens (including phenoxy) is 1. The maximum Gasteiger partial charge on any atom is 0.334 e. The molecule has 0 heterocycles. The summed E-state index contributed by atoms with van der Waals surface area (Å²) in [5, 5.41) is 0. The largest absolute Gasteiger partial charge is 0.458 e. The Labute approximate surface area is 174 Å². The van der Waals surface area contributed by atoms with Gasteiger partial charge in [-0.1, -0.05) is 96.4 Å². The van der Waals surface area contributed by atoms with Crippen LogP contribution in [0.4, 0.5) is 0 Å². The van der Waals surface area contributed by atoms with Crippen molar-refractivity contribution in [3.8, 4) is 0 Å². The van der Waals surface area contributed by atoms with Gasteiger partial charge in [0.25, 0.3) is 0 Å². The van der Waals surface area contributed by atoms with Gasteiger partial charge in [-0.2, -0.15) is 0 Å². The zero-order chi connectivity index (χ0) is 20.8. The topological polar surface area (TPSA) is 26.3 Å². The van der Waals surface area contributed by atoms with Crippen LogP contribution in [0.2, 0.25) is 0 Å². The smallest absolute Gasteiger partial charge is 0.334 e. The first-order valence-corrected chi connectivity index (χ1v) is 11.6. The molecule has 28 heavy (non-hydrogen) atoms. The number of carbonyl (C=O) groups excluding carboxylic acids is 1. The van der Waals surface area contributed by atoms with Crippen LogP contribution in [0.25, 0.3) is 0 Å². The third-order valence-corrected chi connectivity index (χ3v) is 5.82. The molecule has 0 radical (unpaired) electrons. The molecule has 0 aromatic carbocycles. The Hall–Kier alpha value is -1.31. The maximum atomic E-state index is 11.8. The summed E-state index contributed by atoms with van der Waals surface area (Å²) in [4.78, 5) is 11.8. The molecule has 0 aliphatic heterocycles. The first-order valence-electron chi connectivity index (χ1n) is 11.6. The van der Waals surface area contributed by atoms with Gasteiger partial charge < -0.3 is 4.74 Å². The Morgan fingerprint density at radius 1 is 1.00 bits per heavy atom. The Morgan fingerprint density at radius 2 is 1.61 bits per heavy atom. The summed E-state index contributed by atoms with van der Waals surface area (Å²) in [7, 11) is 0. The predicted octanol–water partition coefficient (Wildman–Crippen LogP) is 7.80. The van der Waals surface area contributed by atoms with E-state index < -0.39 is 0 Å². The van der Waals surface area contributed by atoms with Crippen LogP contribution >= 0.6 is 0 Å². The molecular weight excluding hydrogens is 344 g/mol. The van der Waals surface area contributed by atoms with Gasteiger partial charge in [0.1, 0.15) is 6.61 Å². The molecule has 0 N–H and O–H groups in total. The van der Waals surface area contributed by atoms with Crippen molar-refractivity contribution in [3.63, 3.8) is 0 Å². The van der Waals surface area contributed by atoms with Gasteiger partial charge >= 0.3 is 5.97 Å². The van der Waals surface area contributed by atoms with Crippen LogP contribution in [0.1, 0.15) is 98.8 Å². The minimum Gasteiger partial charge on any atom is -0.458 e. The van der Waals surface area contributed by atoms with Crippen molar-refractivity contribution in [1.29, 1.82) is 0 Å². The van der Waals surface area contributed by atoms with E-state index in [1.165, 1.54) is 56.9 Å². The second-order valence-electron chi connectivity index (χ2n) is 9.33. The molecule has 0 saturated carbocycles. The molecule has 2 heteroatoms. The van der Waals surface area contributed by atoms with E-state index in [1.807, 2.05) is 18.2 Å². The average Bonchev–Trinajstić information content (AvgIpc) is 3.16. The molecule has 0 aromatic heterocycles. The van der Waals surface area contributed by atoms with Gasteiger partial charge in [-0.05, 0) is 50.0 Å². The highest BCUT2D eigenvalue weighted by atomic mass is 16.5. The predicted molar refractivity (Wildman–Crippen MR) is 121 cm³/mol. The minimum absolute atomic E-state index is 0.180. The highest BCUT2D eigenvalue weighted by molar-refractivity contribution is 5.89. The van der Waals surface area contributed by atoms with Crippen LogP contribution in [0, 0.1) is 17.8 Å². The molecule has 1 aliphatic carbocycles. The summed E-state index contributed by atoms with van der Waals surface area (Å²) >= 11 is 0.